The van der Waals surface area contributed by atoms with E-state index in [9.17, 15) is 0 Å². The summed E-state index contributed by atoms with van der Waals surface area (Å²) in [5, 5.41) is 10.7. The van der Waals surface area contributed by atoms with E-state index in [1.54, 1.807) is 0 Å². The lowest BCUT2D eigenvalue weighted by molar-refractivity contribution is 0.520. The Morgan fingerprint density at radius 1 is 0.444 bits per heavy atom. The van der Waals surface area contributed by atoms with Crippen molar-refractivity contribution in [2.45, 2.75) is 116 Å². The lowest BCUT2D eigenvalue weighted by Gasteiger charge is -2.08. The third-order valence-electron chi connectivity index (χ3n) is 6.33. The molecule has 2 saturated carbocycles. The predicted molar refractivity (Wildman–Crippen MR) is 165 cm³/mol. The van der Waals surface area contributed by atoms with Crippen molar-refractivity contribution in [3.8, 4) is 0 Å². The van der Waals surface area contributed by atoms with Crippen LogP contribution in [0.2, 0.25) is 0 Å². The molecule has 6 nitrogen and oxygen atoms in total. The summed E-state index contributed by atoms with van der Waals surface area (Å²) in [5.74, 6) is 2.61. The Bertz CT molecular complexity index is 349. The molecule has 0 aromatic rings. The summed E-state index contributed by atoms with van der Waals surface area (Å²) < 4.78 is 6.28. The molecule has 0 aromatic heterocycles. The number of nitrogens with zero attached hydrogens (tertiary/aromatic N) is 3. The molecule has 0 atom stereocenters. The van der Waals surface area contributed by atoms with Crippen LogP contribution in [0.15, 0.2) is 15.2 Å². The first-order valence-corrected chi connectivity index (χ1v) is 17.2. The van der Waals surface area contributed by atoms with E-state index in [0.717, 1.165) is 19.6 Å². The molecule has 0 radical (unpaired) electrons. The van der Waals surface area contributed by atoms with Crippen molar-refractivity contribution in [3.05, 3.63) is 0 Å². The van der Waals surface area contributed by atoms with Crippen molar-refractivity contribution in [3.63, 3.8) is 0 Å². The van der Waals surface area contributed by atoms with Crippen LogP contribution >= 0.6 is 23.9 Å². The lowest BCUT2D eigenvalue weighted by Crippen LogP contribution is -2.21. The fourth-order valence-corrected chi connectivity index (χ4v) is 5.54. The quantitative estimate of drug-likeness (QED) is 0.275. The molecule has 0 amide bonds. The molecule has 7 aliphatic rings. The maximum atomic E-state index is 3.96. The van der Waals surface area contributed by atoms with Gasteiger partial charge in [-0.25, -0.2) is 0 Å². The first-order chi connectivity index (χ1) is 18.0. The Labute approximate surface area is 232 Å². The largest absolute Gasteiger partial charge is 0.317 e. The second kappa shape index (κ2) is 31.1. The maximum Gasteiger partial charge on any atom is 0.0617 e. The van der Waals surface area contributed by atoms with Gasteiger partial charge in [-0.05, 0) is 64.2 Å². The third-order valence-corrected chi connectivity index (χ3v) is 8.13. The minimum absolute atomic E-state index is 0.958. The Balaban J connectivity index is 0.000000210. The van der Waals surface area contributed by atoms with Crippen molar-refractivity contribution < 1.29 is 0 Å². The highest BCUT2D eigenvalue weighted by Crippen LogP contribution is 2.15. The van der Waals surface area contributed by atoms with Gasteiger partial charge in [-0.1, -0.05) is 94.5 Å². The van der Waals surface area contributed by atoms with Crippen LogP contribution in [0.3, 0.4) is 0 Å². The van der Waals surface area contributed by atoms with Gasteiger partial charge in [-0.15, -0.1) is 0 Å². The van der Waals surface area contributed by atoms with Crippen molar-refractivity contribution in [1.29, 1.82) is 0 Å². The highest BCUT2D eigenvalue weighted by atomic mass is 32.2. The fourth-order valence-electron chi connectivity index (χ4n) is 4.10. The van der Waals surface area contributed by atoms with Crippen LogP contribution < -0.4 is 14.8 Å². The molecule has 8 heteroatoms. The second-order valence-electron chi connectivity index (χ2n) is 9.85. The molecular weight excluding hydrogens is 484 g/mol. The topological polar surface area (TPSA) is 73.2 Å². The number of piperidine rings is 1. The van der Waals surface area contributed by atoms with Gasteiger partial charge < -0.3 is 5.32 Å². The molecule has 0 spiro atoms. The minimum Gasteiger partial charge on any atom is -0.317 e. The number of rotatable bonds is 0. The van der Waals surface area contributed by atoms with E-state index in [0.29, 0.717) is 0 Å². The molecule has 7 rings (SSSR count). The number of hydrogen-bond acceptors (Lipinski definition) is 8. The van der Waals surface area contributed by atoms with E-state index >= 15 is 0 Å². The van der Waals surface area contributed by atoms with Gasteiger partial charge in [0.05, 0.1) is 13.1 Å². The number of azo groups is 1. The van der Waals surface area contributed by atoms with Crippen LogP contribution in [0.25, 0.3) is 0 Å². The van der Waals surface area contributed by atoms with E-state index in [2.05, 4.69) is 30.0 Å². The first kappa shape index (κ1) is 33.9. The Morgan fingerprint density at radius 2 is 0.917 bits per heavy atom. The fraction of sp³-hybridized carbons (Fsp3) is 0.964. The van der Waals surface area contributed by atoms with Gasteiger partial charge in [0, 0.05) is 31.1 Å². The highest BCUT2D eigenvalue weighted by molar-refractivity contribution is 7.97. The van der Waals surface area contributed by atoms with E-state index in [1.165, 1.54) is 153 Å². The second-order valence-corrected chi connectivity index (χ2v) is 11.8. The van der Waals surface area contributed by atoms with Gasteiger partial charge in [0.1, 0.15) is 0 Å². The molecule has 3 N–H and O–H groups in total. The zero-order valence-electron chi connectivity index (χ0n) is 23.3. The van der Waals surface area contributed by atoms with Gasteiger partial charge in [0.2, 0.25) is 0 Å². The Kier molecular flexibility index (Phi) is 29.2. The molecule has 0 aromatic carbocycles. The average Bonchev–Trinajstić information content (AvgIpc) is 3.81. The van der Waals surface area contributed by atoms with Gasteiger partial charge in [0.15, 0.2) is 0 Å². The number of hydrogen-bond donors (Lipinski definition) is 3. The summed E-state index contributed by atoms with van der Waals surface area (Å²) >= 11 is 3.65. The zero-order valence-corrected chi connectivity index (χ0v) is 25.0. The summed E-state index contributed by atoms with van der Waals surface area (Å²) in [4.78, 5) is 3.96. The van der Waals surface area contributed by atoms with Crippen LogP contribution in [-0.2, 0) is 0 Å². The summed E-state index contributed by atoms with van der Waals surface area (Å²) in [6.45, 7) is 7.91. The predicted octanol–water partition coefficient (Wildman–Crippen LogP) is 7.61. The van der Waals surface area contributed by atoms with Crippen LogP contribution in [0.5, 0.6) is 0 Å². The van der Waals surface area contributed by atoms with Gasteiger partial charge in [0.25, 0.3) is 0 Å². The minimum atomic E-state index is 0.958. The van der Waals surface area contributed by atoms with E-state index < -0.39 is 0 Å². The molecule has 0 bridgehead atoms. The van der Waals surface area contributed by atoms with E-state index in [-0.39, 0.29) is 0 Å². The van der Waals surface area contributed by atoms with Crippen molar-refractivity contribution in [1.82, 2.24) is 14.8 Å². The summed E-state index contributed by atoms with van der Waals surface area (Å²) in [5.41, 5.74) is 0. The van der Waals surface area contributed by atoms with Crippen LogP contribution in [-0.4, -0.2) is 63.5 Å². The number of aliphatic imine (C=N–C) groups is 1. The maximum absolute atomic E-state index is 3.96. The molecule has 5 aliphatic heterocycles. The van der Waals surface area contributed by atoms with Crippen LogP contribution in [0.1, 0.15) is 116 Å². The Morgan fingerprint density at radius 3 is 1.06 bits per heavy atom. The van der Waals surface area contributed by atoms with Crippen molar-refractivity contribution in [2.24, 2.45) is 15.2 Å². The molecule has 5 fully saturated rings. The SMILES string of the molecule is C1=NCCC1.C1CCCC1.C1CCCC1.C1CCNCC1.C1CN=NC1.C1CNSC1.C1CNSC1. The van der Waals surface area contributed by atoms with Gasteiger partial charge in [-0.3, -0.25) is 14.4 Å². The molecule has 2 aliphatic carbocycles. The lowest BCUT2D eigenvalue weighted by atomic mass is 10.2. The van der Waals surface area contributed by atoms with Gasteiger partial charge in [-0.2, -0.15) is 10.2 Å². The van der Waals surface area contributed by atoms with E-state index in [4.69, 9.17) is 0 Å². The van der Waals surface area contributed by atoms with Crippen LogP contribution in [0.4, 0.5) is 0 Å². The van der Waals surface area contributed by atoms with Crippen molar-refractivity contribution >= 4 is 30.1 Å². The van der Waals surface area contributed by atoms with Crippen molar-refractivity contribution in [2.75, 3.05) is 57.3 Å². The molecular formula is C28H58N6S2. The summed E-state index contributed by atoms with van der Waals surface area (Å²) in [6, 6.07) is 0. The average molecular weight is 543 g/mol. The molecule has 3 saturated heterocycles. The molecule has 36 heavy (non-hydrogen) atoms. The molecule has 0 unspecified atom stereocenters. The van der Waals surface area contributed by atoms with Crippen LogP contribution in [0, 0.1) is 0 Å². The standard InChI is InChI=1S/C5H11N.2C5H10.C4H7N.C3H6N2.2C3H7NS/c1-2-4-6-5-3-1;6*1-2-4-5-3-1/h6H,1-5H2;2*1-5H2;3H,1-2,4H2;1-3H2;2*4H,1-3H2. The molecule has 5 heterocycles. The zero-order chi connectivity index (χ0) is 25.5. The smallest absolute Gasteiger partial charge is 0.0617 e. The van der Waals surface area contributed by atoms with E-state index in [1.807, 2.05) is 30.1 Å². The first-order valence-electron chi connectivity index (χ1n) is 15.2. The summed E-state index contributed by atoms with van der Waals surface area (Å²) in [7, 11) is 0. The monoisotopic (exact) mass is 542 g/mol. The van der Waals surface area contributed by atoms with Gasteiger partial charge >= 0.3 is 0 Å². The molecule has 212 valence electrons. The normalized spacial score (nSPS) is 23.1. The summed E-state index contributed by atoms with van der Waals surface area (Å²) in [6.07, 6.45) is 27.6. The highest BCUT2D eigenvalue weighted by Gasteiger charge is 1.96. The third kappa shape index (κ3) is 28.4. The number of nitrogens with one attached hydrogen (secondary N) is 3. The Hall–Kier alpha value is -0.150.